The first-order valence-corrected chi connectivity index (χ1v) is 6.96. The van der Waals surface area contributed by atoms with Gasteiger partial charge in [0.2, 0.25) is 0 Å². The third-order valence-electron chi connectivity index (χ3n) is 2.85. The Morgan fingerprint density at radius 2 is 2.18 bits per heavy atom. The molecule has 2 aromatic rings. The molecule has 0 saturated carbocycles. The van der Waals surface area contributed by atoms with E-state index in [1.54, 1.807) is 6.20 Å². The van der Waals surface area contributed by atoms with Crippen LogP contribution >= 0.6 is 11.8 Å². The van der Waals surface area contributed by atoms with E-state index in [1.165, 1.54) is 0 Å². The number of nitrogen functional groups attached to an aromatic ring is 1. The lowest BCUT2D eigenvalue weighted by Gasteiger charge is -2.21. The van der Waals surface area contributed by atoms with Crippen molar-refractivity contribution in [3.05, 3.63) is 30.5 Å². The largest absolute Gasteiger partial charge is 0.396 e. The Hall–Kier alpha value is -1.42. The first-order chi connectivity index (χ1) is 8.24. The summed E-state index contributed by atoms with van der Waals surface area (Å²) in [6.07, 6.45) is 3.90. The van der Waals surface area contributed by atoms with E-state index < -0.39 is 0 Å². The summed E-state index contributed by atoms with van der Waals surface area (Å²) in [6.45, 7) is 0.997. The fraction of sp³-hybridized carbons (Fsp3) is 0.308. The van der Waals surface area contributed by atoms with Crippen LogP contribution in [-0.2, 0) is 0 Å². The van der Waals surface area contributed by atoms with Gasteiger partial charge >= 0.3 is 0 Å². The maximum atomic E-state index is 6.20. The second kappa shape index (κ2) is 5.27. The average molecular weight is 247 g/mol. The van der Waals surface area contributed by atoms with E-state index in [4.69, 9.17) is 5.73 Å². The van der Waals surface area contributed by atoms with E-state index in [-0.39, 0.29) is 0 Å². The molecule has 0 aliphatic heterocycles. The Bertz CT molecular complexity index is 513. The molecule has 0 aliphatic carbocycles. The Morgan fingerprint density at radius 1 is 1.35 bits per heavy atom. The summed E-state index contributed by atoms with van der Waals surface area (Å²) < 4.78 is 0. The van der Waals surface area contributed by atoms with Crippen LogP contribution in [0, 0.1) is 0 Å². The van der Waals surface area contributed by atoms with Crippen molar-refractivity contribution in [2.75, 3.05) is 36.2 Å². The zero-order valence-electron chi connectivity index (χ0n) is 10.2. The predicted octanol–water partition coefficient (Wildman–Crippen LogP) is 2.62. The number of fused-ring (bicyclic) bond motifs is 1. The number of thioether (sulfide) groups is 1. The zero-order chi connectivity index (χ0) is 12.3. The lowest BCUT2D eigenvalue weighted by Crippen LogP contribution is -2.21. The van der Waals surface area contributed by atoms with Crippen molar-refractivity contribution in [2.45, 2.75) is 0 Å². The van der Waals surface area contributed by atoms with E-state index in [0.29, 0.717) is 0 Å². The van der Waals surface area contributed by atoms with E-state index >= 15 is 0 Å². The second-order valence-corrected chi connectivity index (χ2v) is 4.97. The Labute approximate surface area is 106 Å². The van der Waals surface area contributed by atoms with Crippen LogP contribution in [0.1, 0.15) is 0 Å². The van der Waals surface area contributed by atoms with Gasteiger partial charge in [-0.2, -0.15) is 11.8 Å². The summed E-state index contributed by atoms with van der Waals surface area (Å²) in [5, 5.41) is 1.03. The van der Waals surface area contributed by atoms with Gasteiger partial charge in [-0.1, -0.05) is 0 Å². The average Bonchev–Trinajstić information content (AvgIpc) is 2.37. The highest BCUT2D eigenvalue weighted by atomic mass is 32.2. The van der Waals surface area contributed by atoms with Gasteiger partial charge in [-0.15, -0.1) is 0 Å². The predicted molar refractivity (Wildman–Crippen MR) is 77.8 cm³/mol. The number of hydrogen-bond donors (Lipinski definition) is 1. The molecule has 0 saturated heterocycles. The van der Waals surface area contributed by atoms with Crippen molar-refractivity contribution >= 4 is 34.0 Å². The highest BCUT2D eigenvalue weighted by Crippen LogP contribution is 2.29. The van der Waals surface area contributed by atoms with Gasteiger partial charge in [-0.05, 0) is 30.5 Å². The normalized spacial score (nSPS) is 10.7. The van der Waals surface area contributed by atoms with E-state index in [9.17, 15) is 0 Å². The maximum Gasteiger partial charge on any atom is 0.0724 e. The number of anilines is 2. The van der Waals surface area contributed by atoms with Gasteiger partial charge < -0.3 is 10.6 Å². The van der Waals surface area contributed by atoms with Crippen LogP contribution in [0.3, 0.4) is 0 Å². The second-order valence-electron chi connectivity index (χ2n) is 3.98. The van der Waals surface area contributed by atoms with Gasteiger partial charge in [-0.25, -0.2) is 0 Å². The Morgan fingerprint density at radius 3 is 2.94 bits per heavy atom. The van der Waals surface area contributed by atoms with Crippen LogP contribution in [0.4, 0.5) is 11.4 Å². The Balaban J connectivity index is 2.38. The number of nitrogens with zero attached hydrogens (tertiary/aromatic N) is 2. The molecular formula is C13H17N3S. The number of pyridine rings is 1. The van der Waals surface area contributed by atoms with Crippen LogP contribution in [-0.4, -0.2) is 30.6 Å². The molecule has 0 bridgehead atoms. The summed E-state index contributed by atoms with van der Waals surface area (Å²) in [5.41, 5.74) is 9.06. The summed E-state index contributed by atoms with van der Waals surface area (Å²) in [4.78, 5) is 6.49. The van der Waals surface area contributed by atoms with Crippen molar-refractivity contribution in [3.63, 3.8) is 0 Å². The minimum atomic E-state index is 0.819. The highest BCUT2D eigenvalue weighted by molar-refractivity contribution is 7.98. The quantitative estimate of drug-likeness (QED) is 0.843. The van der Waals surface area contributed by atoms with Crippen molar-refractivity contribution in [1.82, 2.24) is 4.98 Å². The molecule has 2 rings (SSSR count). The van der Waals surface area contributed by atoms with E-state index in [0.717, 1.165) is 34.6 Å². The summed E-state index contributed by atoms with van der Waals surface area (Å²) in [6, 6.07) is 8.01. The summed E-state index contributed by atoms with van der Waals surface area (Å²) in [7, 11) is 2.07. The fourth-order valence-electron chi connectivity index (χ4n) is 1.85. The maximum absolute atomic E-state index is 6.20. The molecule has 1 aromatic heterocycles. The van der Waals surface area contributed by atoms with Gasteiger partial charge in [0.05, 0.1) is 16.9 Å². The van der Waals surface area contributed by atoms with Gasteiger partial charge in [-0.3, -0.25) is 4.98 Å². The standard InChI is InChI=1S/C13H17N3S/c1-16(8-9-17-2)12-6-5-11-10(13(12)14)4-3-7-15-11/h3-7H,8-9,14H2,1-2H3. The van der Waals surface area contributed by atoms with Gasteiger partial charge in [0, 0.05) is 30.9 Å². The number of nitrogens with two attached hydrogens (primary N) is 1. The molecule has 0 amide bonds. The summed E-state index contributed by atoms with van der Waals surface area (Å²) >= 11 is 1.84. The molecule has 0 radical (unpaired) electrons. The number of rotatable bonds is 4. The number of hydrogen-bond acceptors (Lipinski definition) is 4. The Kier molecular flexibility index (Phi) is 3.74. The van der Waals surface area contributed by atoms with Gasteiger partial charge in [0.25, 0.3) is 0 Å². The van der Waals surface area contributed by atoms with Crippen LogP contribution in [0.25, 0.3) is 10.9 Å². The van der Waals surface area contributed by atoms with Crippen LogP contribution in [0.5, 0.6) is 0 Å². The molecule has 0 spiro atoms. The molecule has 0 unspecified atom stereocenters. The molecular weight excluding hydrogens is 230 g/mol. The van der Waals surface area contributed by atoms with Crippen molar-refractivity contribution < 1.29 is 0 Å². The minimum Gasteiger partial charge on any atom is -0.396 e. The van der Waals surface area contributed by atoms with Gasteiger partial charge in [0.1, 0.15) is 0 Å². The van der Waals surface area contributed by atoms with Crippen LogP contribution in [0.15, 0.2) is 30.5 Å². The molecule has 4 heteroatoms. The van der Waals surface area contributed by atoms with Crippen molar-refractivity contribution in [1.29, 1.82) is 0 Å². The smallest absolute Gasteiger partial charge is 0.0724 e. The topological polar surface area (TPSA) is 42.2 Å². The molecule has 0 aliphatic rings. The fourth-order valence-corrected chi connectivity index (χ4v) is 2.30. The van der Waals surface area contributed by atoms with Crippen LogP contribution in [0.2, 0.25) is 0 Å². The highest BCUT2D eigenvalue weighted by Gasteiger charge is 2.08. The monoisotopic (exact) mass is 247 g/mol. The first kappa shape index (κ1) is 12.0. The molecule has 1 heterocycles. The number of aromatic nitrogens is 1. The van der Waals surface area contributed by atoms with E-state index in [1.807, 2.05) is 36.0 Å². The molecule has 0 fully saturated rings. The molecule has 90 valence electrons. The SMILES string of the molecule is CSCCN(C)c1ccc2ncccc2c1N. The third kappa shape index (κ3) is 2.47. The lowest BCUT2D eigenvalue weighted by atomic mass is 10.1. The van der Waals surface area contributed by atoms with E-state index in [2.05, 4.69) is 23.2 Å². The molecule has 0 atom stereocenters. The summed E-state index contributed by atoms with van der Waals surface area (Å²) in [5.74, 6) is 1.10. The van der Waals surface area contributed by atoms with Crippen molar-refractivity contribution in [2.24, 2.45) is 0 Å². The zero-order valence-corrected chi connectivity index (χ0v) is 11.0. The van der Waals surface area contributed by atoms with Gasteiger partial charge in [0.15, 0.2) is 0 Å². The minimum absolute atomic E-state index is 0.819. The number of benzene rings is 1. The third-order valence-corrected chi connectivity index (χ3v) is 3.44. The molecule has 2 N–H and O–H groups in total. The first-order valence-electron chi connectivity index (χ1n) is 5.57. The molecule has 17 heavy (non-hydrogen) atoms. The molecule has 1 aromatic carbocycles. The molecule has 3 nitrogen and oxygen atoms in total. The lowest BCUT2D eigenvalue weighted by molar-refractivity contribution is 0.981. The van der Waals surface area contributed by atoms with Crippen LogP contribution < -0.4 is 10.6 Å². The van der Waals surface area contributed by atoms with Crippen molar-refractivity contribution in [3.8, 4) is 0 Å².